The van der Waals surface area contributed by atoms with Crippen LogP contribution in [-0.2, 0) is 0 Å². The predicted octanol–water partition coefficient (Wildman–Crippen LogP) is 2.56. The van der Waals surface area contributed by atoms with Crippen molar-refractivity contribution in [2.75, 3.05) is 18.2 Å². The first kappa shape index (κ1) is 15.1. The van der Waals surface area contributed by atoms with Crippen molar-refractivity contribution < 1.29 is 15.0 Å². The van der Waals surface area contributed by atoms with Crippen LogP contribution >= 0.6 is 23.4 Å². The third-order valence-corrected chi connectivity index (χ3v) is 4.11. The van der Waals surface area contributed by atoms with Crippen molar-refractivity contribution in [1.82, 2.24) is 0 Å². The second kappa shape index (κ2) is 6.87. The Balaban J connectivity index is 2.80. The average Bonchev–Trinajstić information content (AvgIpc) is 2.30. The van der Waals surface area contributed by atoms with Crippen LogP contribution in [0.1, 0.15) is 17.3 Å². The Morgan fingerprint density at radius 1 is 1.56 bits per heavy atom. The monoisotopic (exact) mass is 289 g/mol. The third-order valence-electron chi connectivity index (χ3n) is 2.63. The van der Waals surface area contributed by atoms with Gasteiger partial charge in [-0.2, -0.15) is 11.8 Å². The van der Waals surface area contributed by atoms with Gasteiger partial charge in [0.2, 0.25) is 0 Å². The number of anilines is 1. The molecule has 0 aliphatic rings. The van der Waals surface area contributed by atoms with Crippen LogP contribution in [0.25, 0.3) is 0 Å². The molecule has 3 N–H and O–H groups in total. The molecule has 1 aromatic carbocycles. The summed E-state index contributed by atoms with van der Waals surface area (Å²) < 4.78 is 0. The Morgan fingerprint density at radius 2 is 2.22 bits per heavy atom. The van der Waals surface area contributed by atoms with E-state index in [4.69, 9.17) is 16.7 Å². The highest BCUT2D eigenvalue weighted by Crippen LogP contribution is 2.23. The van der Waals surface area contributed by atoms with E-state index in [1.165, 1.54) is 6.07 Å². The van der Waals surface area contributed by atoms with Gasteiger partial charge < -0.3 is 15.5 Å². The van der Waals surface area contributed by atoms with Gasteiger partial charge in [-0.1, -0.05) is 11.6 Å². The van der Waals surface area contributed by atoms with E-state index in [2.05, 4.69) is 5.32 Å². The molecule has 4 nitrogen and oxygen atoms in total. The number of thioether (sulfide) groups is 1. The second-order valence-corrected chi connectivity index (χ2v) is 5.37. The Labute approximate surface area is 115 Å². The molecule has 0 heterocycles. The number of hydrogen-bond acceptors (Lipinski definition) is 4. The number of aliphatic hydroxyl groups excluding tert-OH is 1. The molecule has 100 valence electrons. The molecule has 6 heteroatoms. The van der Waals surface area contributed by atoms with Gasteiger partial charge in [-0.05, 0) is 31.4 Å². The standard InChI is InChI=1S/C12H16ClNO3S/c1-7(11(6-15)18-2)14-8-3-4-9(12(16)17)10(13)5-8/h3-5,7,11,14-15H,6H2,1-2H3,(H,16,17). The van der Waals surface area contributed by atoms with Crippen LogP contribution in [0.15, 0.2) is 18.2 Å². The van der Waals surface area contributed by atoms with Crippen LogP contribution in [-0.4, -0.2) is 40.3 Å². The summed E-state index contributed by atoms with van der Waals surface area (Å²) in [5.74, 6) is -1.04. The summed E-state index contributed by atoms with van der Waals surface area (Å²) in [7, 11) is 0. The number of hydrogen-bond donors (Lipinski definition) is 3. The fourth-order valence-corrected chi connectivity index (χ4v) is 2.46. The summed E-state index contributed by atoms with van der Waals surface area (Å²) in [6, 6.07) is 4.76. The summed E-state index contributed by atoms with van der Waals surface area (Å²) in [6.45, 7) is 2.03. The maximum Gasteiger partial charge on any atom is 0.337 e. The van der Waals surface area contributed by atoms with Crippen molar-refractivity contribution in [1.29, 1.82) is 0 Å². The topological polar surface area (TPSA) is 69.6 Å². The van der Waals surface area contributed by atoms with E-state index in [9.17, 15) is 9.90 Å². The van der Waals surface area contributed by atoms with Gasteiger partial charge in [0.1, 0.15) is 0 Å². The highest BCUT2D eigenvalue weighted by Gasteiger charge is 2.16. The number of halogens is 1. The molecule has 1 aromatic rings. The number of benzene rings is 1. The molecule has 0 amide bonds. The molecule has 18 heavy (non-hydrogen) atoms. The Kier molecular flexibility index (Phi) is 5.78. The van der Waals surface area contributed by atoms with E-state index in [0.717, 1.165) is 5.69 Å². The van der Waals surface area contributed by atoms with Crippen LogP contribution in [0.5, 0.6) is 0 Å². The van der Waals surface area contributed by atoms with Gasteiger partial charge in [-0.3, -0.25) is 0 Å². The molecule has 0 aliphatic heterocycles. The van der Waals surface area contributed by atoms with E-state index in [1.807, 2.05) is 13.2 Å². The number of carboxylic acids is 1. The van der Waals surface area contributed by atoms with E-state index in [1.54, 1.807) is 23.9 Å². The highest BCUT2D eigenvalue weighted by atomic mass is 35.5. The zero-order chi connectivity index (χ0) is 13.7. The number of carboxylic acid groups (broad SMARTS) is 1. The third kappa shape index (κ3) is 3.80. The summed E-state index contributed by atoms with van der Waals surface area (Å²) in [5, 5.41) is 21.5. The largest absolute Gasteiger partial charge is 0.478 e. The van der Waals surface area contributed by atoms with Gasteiger partial charge in [-0.25, -0.2) is 4.79 Å². The van der Waals surface area contributed by atoms with Crippen molar-refractivity contribution in [3.05, 3.63) is 28.8 Å². The fourth-order valence-electron chi connectivity index (χ4n) is 1.57. The minimum absolute atomic E-state index is 0.0525. The van der Waals surface area contributed by atoms with Gasteiger partial charge in [0.15, 0.2) is 0 Å². The number of nitrogens with one attached hydrogen (secondary N) is 1. The number of aromatic carboxylic acids is 1. The van der Waals surface area contributed by atoms with Crippen LogP contribution in [0, 0.1) is 0 Å². The van der Waals surface area contributed by atoms with Crippen molar-refractivity contribution in [3.63, 3.8) is 0 Å². The van der Waals surface area contributed by atoms with Crippen molar-refractivity contribution in [2.24, 2.45) is 0 Å². The first-order chi connectivity index (χ1) is 8.49. The summed E-state index contributed by atoms with van der Waals surface area (Å²) in [5.41, 5.74) is 0.823. The molecule has 0 bridgehead atoms. The summed E-state index contributed by atoms with van der Waals surface area (Å²) in [4.78, 5) is 10.8. The average molecular weight is 290 g/mol. The van der Waals surface area contributed by atoms with Crippen LogP contribution in [0.2, 0.25) is 5.02 Å². The molecular formula is C12H16ClNO3S. The van der Waals surface area contributed by atoms with Crippen molar-refractivity contribution in [3.8, 4) is 0 Å². The van der Waals surface area contributed by atoms with Gasteiger partial charge in [0.05, 0.1) is 17.2 Å². The van der Waals surface area contributed by atoms with Crippen LogP contribution in [0.3, 0.4) is 0 Å². The second-order valence-electron chi connectivity index (χ2n) is 3.89. The quantitative estimate of drug-likeness (QED) is 0.751. The van der Waals surface area contributed by atoms with E-state index >= 15 is 0 Å². The molecule has 0 saturated heterocycles. The molecule has 0 saturated carbocycles. The van der Waals surface area contributed by atoms with E-state index < -0.39 is 5.97 Å². The first-order valence-corrected chi connectivity index (χ1v) is 7.09. The maximum absolute atomic E-state index is 10.8. The Hall–Kier alpha value is -0.910. The highest BCUT2D eigenvalue weighted by molar-refractivity contribution is 7.99. The molecule has 0 spiro atoms. The normalized spacial score (nSPS) is 14.0. The summed E-state index contributed by atoms with van der Waals surface area (Å²) in [6.07, 6.45) is 1.93. The minimum atomic E-state index is -1.04. The Morgan fingerprint density at radius 3 is 2.67 bits per heavy atom. The van der Waals surface area contributed by atoms with Gasteiger partial charge >= 0.3 is 5.97 Å². The zero-order valence-corrected chi connectivity index (χ0v) is 11.8. The lowest BCUT2D eigenvalue weighted by Gasteiger charge is -2.22. The molecule has 0 fully saturated rings. The minimum Gasteiger partial charge on any atom is -0.478 e. The predicted molar refractivity (Wildman–Crippen MR) is 75.9 cm³/mol. The van der Waals surface area contributed by atoms with Crippen LogP contribution in [0.4, 0.5) is 5.69 Å². The lowest BCUT2D eigenvalue weighted by atomic mass is 10.1. The Bertz CT molecular complexity index is 424. The van der Waals surface area contributed by atoms with Crippen molar-refractivity contribution >= 4 is 35.0 Å². The number of carbonyl (C=O) groups is 1. The molecule has 0 aliphatic carbocycles. The van der Waals surface area contributed by atoms with Gasteiger partial charge in [0.25, 0.3) is 0 Å². The molecule has 1 rings (SSSR count). The molecule has 0 aromatic heterocycles. The van der Waals surface area contributed by atoms with E-state index in [0.29, 0.717) is 0 Å². The fraction of sp³-hybridized carbons (Fsp3) is 0.417. The zero-order valence-electron chi connectivity index (χ0n) is 10.2. The molecule has 2 atom stereocenters. The SMILES string of the molecule is CSC(CO)C(C)Nc1ccc(C(=O)O)c(Cl)c1. The molecule has 0 radical (unpaired) electrons. The molecule has 2 unspecified atom stereocenters. The van der Waals surface area contributed by atoms with Crippen LogP contribution < -0.4 is 5.32 Å². The van der Waals surface area contributed by atoms with Gasteiger partial charge in [-0.15, -0.1) is 0 Å². The summed E-state index contributed by atoms with van der Waals surface area (Å²) >= 11 is 7.45. The lowest BCUT2D eigenvalue weighted by molar-refractivity contribution is 0.0697. The number of aliphatic hydroxyl groups is 1. The first-order valence-electron chi connectivity index (χ1n) is 5.42. The van der Waals surface area contributed by atoms with Crippen molar-refractivity contribution in [2.45, 2.75) is 18.2 Å². The van der Waals surface area contributed by atoms with Gasteiger partial charge in [0, 0.05) is 17.0 Å². The van der Waals surface area contributed by atoms with E-state index in [-0.39, 0.29) is 28.5 Å². The smallest absolute Gasteiger partial charge is 0.337 e. The maximum atomic E-state index is 10.8. The number of rotatable bonds is 6. The molecular weight excluding hydrogens is 274 g/mol. The lowest BCUT2D eigenvalue weighted by Crippen LogP contribution is -2.30.